The van der Waals surface area contributed by atoms with Crippen LogP contribution in [0.25, 0.3) is 0 Å². The molecule has 2 N–H and O–H groups in total. The highest BCUT2D eigenvalue weighted by atomic mass is 16.3. The molecule has 2 rings (SSSR count). The standard InChI is InChI=1S/C13H19NO3/c15-11(8-7-10-4-1-2-5-10)13(16)14-12-6-3-9-17-12/h3,6,9-11,15H,1-2,4-5,7-8H2,(H,14,16). The zero-order chi connectivity index (χ0) is 12.1. The Labute approximate surface area is 101 Å². The molecule has 1 saturated carbocycles. The van der Waals surface area contributed by atoms with Gasteiger partial charge in [0.15, 0.2) is 5.88 Å². The van der Waals surface area contributed by atoms with Gasteiger partial charge >= 0.3 is 0 Å². The summed E-state index contributed by atoms with van der Waals surface area (Å²) in [6, 6.07) is 3.35. The number of aliphatic hydroxyl groups excluding tert-OH is 1. The van der Waals surface area contributed by atoms with Crippen molar-refractivity contribution in [1.82, 2.24) is 0 Å². The molecule has 1 amide bonds. The van der Waals surface area contributed by atoms with E-state index in [9.17, 15) is 9.90 Å². The number of carbonyl (C=O) groups excluding carboxylic acids is 1. The lowest BCUT2D eigenvalue weighted by Crippen LogP contribution is -2.27. The van der Waals surface area contributed by atoms with E-state index in [2.05, 4.69) is 5.32 Å². The number of rotatable bonds is 5. The Bertz CT molecular complexity index is 342. The third-order valence-corrected chi connectivity index (χ3v) is 3.39. The molecule has 0 aliphatic heterocycles. The molecule has 0 aromatic carbocycles. The first kappa shape index (κ1) is 12.2. The number of amides is 1. The van der Waals surface area contributed by atoms with Crippen molar-refractivity contribution in [1.29, 1.82) is 0 Å². The minimum atomic E-state index is -0.930. The Morgan fingerprint density at radius 3 is 2.94 bits per heavy atom. The van der Waals surface area contributed by atoms with Crippen LogP contribution in [0.4, 0.5) is 5.88 Å². The maximum atomic E-state index is 11.6. The van der Waals surface area contributed by atoms with Gasteiger partial charge in [0.1, 0.15) is 6.10 Å². The van der Waals surface area contributed by atoms with E-state index in [0.29, 0.717) is 18.2 Å². The third kappa shape index (κ3) is 3.60. The van der Waals surface area contributed by atoms with Crippen LogP contribution in [-0.4, -0.2) is 17.1 Å². The summed E-state index contributed by atoms with van der Waals surface area (Å²) in [5.74, 6) is 0.703. The first-order valence-corrected chi connectivity index (χ1v) is 6.28. The zero-order valence-corrected chi connectivity index (χ0v) is 9.89. The fourth-order valence-electron chi connectivity index (χ4n) is 2.38. The molecular formula is C13H19NO3. The van der Waals surface area contributed by atoms with Crippen LogP contribution in [0.5, 0.6) is 0 Å². The quantitative estimate of drug-likeness (QED) is 0.827. The monoisotopic (exact) mass is 237 g/mol. The van der Waals surface area contributed by atoms with Gasteiger partial charge < -0.3 is 9.52 Å². The summed E-state index contributed by atoms with van der Waals surface area (Å²) in [5, 5.41) is 12.3. The first-order valence-electron chi connectivity index (χ1n) is 6.28. The van der Waals surface area contributed by atoms with Gasteiger partial charge in [-0.3, -0.25) is 10.1 Å². The molecule has 0 bridgehead atoms. The van der Waals surface area contributed by atoms with Gasteiger partial charge in [0, 0.05) is 6.07 Å². The average molecular weight is 237 g/mol. The molecule has 1 heterocycles. The minimum absolute atomic E-state index is 0.377. The summed E-state index contributed by atoms with van der Waals surface area (Å²) in [5.41, 5.74) is 0. The molecule has 0 saturated heterocycles. The fourth-order valence-corrected chi connectivity index (χ4v) is 2.38. The Hall–Kier alpha value is -1.29. The van der Waals surface area contributed by atoms with E-state index in [1.54, 1.807) is 12.1 Å². The van der Waals surface area contributed by atoms with Gasteiger partial charge in [-0.05, 0) is 24.8 Å². The Kier molecular flexibility index (Phi) is 4.20. The fraction of sp³-hybridized carbons (Fsp3) is 0.615. The maximum Gasteiger partial charge on any atom is 0.255 e. The maximum absolute atomic E-state index is 11.6. The number of anilines is 1. The van der Waals surface area contributed by atoms with E-state index in [1.807, 2.05) is 0 Å². The number of carbonyl (C=O) groups is 1. The van der Waals surface area contributed by atoms with Crippen LogP contribution >= 0.6 is 0 Å². The molecule has 1 aromatic heterocycles. The van der Waals surface area contributed by atoms with Crippen LogP contribution in [0.3, 0.4) is 0 Å². The van der Waals surface area contributed by atoms with Crippen molar-refractivity contribution < 1.29 is 14.3 Å². The molecular weight excluding hydrogens is 218 g/mol. The lowest BCUT2D eigenvalue weighted by molar-refractivity contribution is -0.124. The van der Waals surface area contributed by atoms with Gasteiger partial charge in [-0.2, -0.15) is 0 Å². The Morgan fingerprint density at radius 1 is 1.53 bits per heavy atom. The van der Waals surface area contributed by atoms with Gasteiger partial charge in [-0.15, -0.1) is 0 Å². The lowest BCUT2D eigenvalue weighted by atomic mass is 9.99. The van der Waals surface area contributed by atoms with Crippen molar-refractivity contribution >= 4 is 11.8 Å². The SMILES string of the molecule is O=C(Nc1ccco1)C(O)CCC1CCCC1. The van der Waals surface area contributed by atoms with E-state index >= 15 is 0 Å². The van der Waals surface area contributed by atoms with Gasteiger partial charge in [0.25, 0.3) is 5.91 Å². The molecule has 94 valence electrons. The topological polar surface area (TPSA) is 62.5 Å². The second kappa shape index (κ2) is 5.87. The highest BCUT2D eigenvalue weighted by molar-refractivity contribution is 5.92. The molecule has 4 heteroatoms. The molecule has 1 aromatic rings. The summed E-state index contributed by atoms with van der Waals surface area (Å²) >= 11 is 0. The van der Waals surface area contributed by atoms with Crippen molar-refractivity contribution in [3.8, 4) is 0 Å². The van der Waals surface area contributed by atoms with E-state index < -0.39 is 6.10 Å². The molecule has 1 aliphatic rings. The normalized spacial score (nSPS) is 18.2. The van der Waals surface area contributed by atoms with Gasteiger partial charge in [-0.25, -0.2) is 0 Å². The van der Waals surface area contributed by atoms with E-state index in [-0.39, 0.29) is 5.91 Å². The molecule has 17 heavy (non-hydrogen) atoms. The molecule has 1 unspecified atom stereocenters. The van der Waals surface area contributed by atoms with Gasteiger partial charge in [0.2, 0.25) is 0 Å². The molecule has 4 nitrogen and oxygen atoms in total. The van der Waals surface area contributed by atoms with Crippen molar-refractivity contribution in [2.24, 2.45) is 5.92 Å². The largest absolute Gasteiger partial charge is 0.449 e. The van der Waals surface area contributed by atoms with Crippen LogP contribution in [0.2, 0.25) is 0 Å². The Balaban J connectivity index is 1.71. The predicted octanol–water partition coefficient (Wildman–Crippen LogP) is 2.55. The smallest absolute Gasteiger partial charge is 0.255 e. The van der Waals surface area contributed by atoms with Crippen molar-refractivity contribution in [2.45, 2.75) is 44.6 Å². The highest BCUT2D eigenvalue weighted by Crippen LogP contribution is 2.29. The lowest BCUT2D eigenvalue weighted by Gasteiger charge is -2.12. The van der Waals surface area contributed by atoms with Crippen LogP contribution in [0.1, 0.15) is 38.5 Å². The summed E-state index contributed by atoms with van der Waals surface area (Å²) < 4.78 is 4.99. The molecule has 0 radical (unpaired) electrons. The Morgan fingerprint density at radius 2 is 2.29 bits per heavy atom. The summed E-state index contributed by atoms with van der Waals surface area (Å²) in [7, 11) is 0. The minimum Gasteiger partial charge on any atom is -0.449 e. The molecule has 1 fully saturated rings. The van der Waals surface area contributed by atoms with E-state index in [1.165, 1.54) is 31.9 Å². The zero-order valence-electron chi connectivity index (χ0n) is 9.89. The van der Waals surface area contributed by atoms with Crippen molar-refractivity contribution in [2.75, 3.05) is 5.32 Å². The van der Waals surface area contributed by atoms with Gasteiger partial charge in [0.05, 0.1) is 6.26 Å². The second-order valence-corrected chi connectivity index (χ2v) is 4.71. The number of furan rings is 1. The van der Waals surface area contributed by atoms with Crippen LogP contribution < -0.4 is 5.32 Å². The third-order valence-electron chi connectivity index (χ3n) is 3.39. The van der Waals surface area contributed by atoms with Gasteiger partial charge in [-0.1, -0.05) is 25.7 Å². The summed E-state index contributed by atoms with van der Waals surface area (Å²) in [4.78, 5) is 11.6. The first-order chi connectivity index (χ1) is 8.25. The molecule has 0 spiro atoms. The summed E-state index contributed by atoms with van der Waals surface area (Å²) in [6.07, 6.45) is 7.10. The number of aliphatic hydroxyl groups is 1. The van der Waals surface area contributed by atoms with Crippen LogP contribution in [-0.2, 0) is 4.79 Å². The predicted molar refractivity (Wildman–Crippen MR) is 64.5 cm³/mol. The second-order valence-electron chi connectivity index (χ2n) is 4.71. The number of nitrogens with one attached hydrogen (secondary N) is 1. The number of hydrogen-bond acceptors (Lipinski definition) is 3. The molecule has 1 atom stereocenters. The van der Waals surface area contributed by atoms with Crippen LogP contribution in [0, 0.1) is 5.92 Å². The van der Waals surface area contributed by atoms with E-state index in [4.69, 9.17) is 4.42 Å². The summed E-state index contributed by atoms with van der Waals surface area (Å²) in [6.45, 7) is 0. The highest BCUT2D eigenvalue weighted by Gasteiger charge is 2.20. The van der Waals surface area contributed by atoms with E-state index in [0.717, 1.165) is 6.42 Å². The van der Waals surface area contributed by atoms with Crippen LogP contribution in [0.15, 0.2) is 22.8 Å². The van der Waals surface area contributed by atoms with Crippen molar-refractivity contribution in [3.05, 3.63) is 18.4 Å². The molecule has 1 aliphatic carbocycles. The average Bonchev–Trinajstić information content (AvgIpc) is 2.98. The number of hydrogen-bond donors (Lipinski definition) is 2. The van der Waals surface area contributed by atoms with Crippen molar-refractivity contribution in [3.63, 3.8) is 0 Å².